The zero-order valence-electron chi connectivity index (χ0n) is 6.96. The Labute approximate surface area is 76.3 Å². The van der Waals surface area contributed by atoms with Gasteiger partial charge in [0.15, 0.2) is 0 Å². The van der Waals surface area contributed by atoms with E-state index in [1.165, 1.54) is 0 Å². The van der Waals surface area contributed by atoms with Crippen LogP contribution in [0.5, 0.6) is 0 Å². The van der Waals surface area contributed by atoms with E-state index < -0.39 is 13.9 Å². The van der Waals surface area contributed by atoms with Gasteiger partial charge in [-0.1, -0.05) is 30.3 Å². The fraction of sp³-hybridized carbons (Fsp3) is 0.250. The minimum Gasteiger partial charge on any atom is -0.364 e. The normalized spacial score (nSPS) is 11.5. The van der Waals surface area contributed by atoms with Crippen molar-refractivity contribution < 1.29 is 19.1 Å². The average Bonchev–Trinajstić information content (AvgIpc) is 2.04. The van der Waals surface area contributed by atoms with Crippen molar-refractivity contribution in [2.24, 2.45) is 0 Å². The average molecular weight is 202 g/mol. The van der Waals surface area contributed by atoms with Crippen LogP contribution in [0.25, 0.3) is 0 Å². The molecule has 13 heavy (non-hydrogen) atoms. The lowest BCUT2D eigenvalue weighted by Crippen LogP contribution is -1.95. The molecule has 0 atom stereocenters. The van der Waals surface area contributed by atoms with E-state index in [2.05, 4.69) is 0 Å². The lowest BCUT2D eigenvalue weighted by atomic mass is 10.2. The molecule has 1 aromatic carbocycles. The molecular formula is C8H11O4P. The van der Waals surface area contributed by atoms with E-state index in [0.717, 1.165) is 5.56 Å². The first-order valence-electron chi connectivity index (χ1n) is 3.74. The Morgan fingerprint density at radius 3 is 2.38 bits per heavy atom. The monoisotopic (exact) mass is 202 g/mol. The van der Waals surface area contributed by atoms with Gasteiger partial charge in [0.1, 0.15) is 6.35 Å². The van der Waals surface area contributed by atoms with E-state index in [1.807, 2.05) is 30.3 Å². The van der Waals surface area contributed by atoms with Gasteiger partial charge in [0.05, 0.1) is 6.61 Å². The molecule has 0 aromatic heterocycles. The summed E-state index contributed by atoms with van der Waals surface area (Å²) in [7, 11) is -4.02. The highest BCUT2D eigenvalue weighted by molar-refractivity contribution is 7.51. The summed E-state index contributed by atoms with van der Waals surface area (Å²) in [5.41, 5.74) is 0.899. The molecule has 0 heterocycles. The maximum atomic E-state index is 10.4. The van der Waals surface area contributed by atoms with Crippen LogP contribution in [0.3, 0.4) is 0 Å². The molecule has 0 fully saturated rings. The second-order valence-electron chi connectivity index (χ2n) is 2.63. The summed E-state index contributed by atoms with van der Waals surface area (Å²) < 4.78 is 15.2. The molecule has 5 heteroatoms. The lowest BCUT2D eigenvalue weighted by Gasteiger charge is -2.05. The quantitative estimate of drug-likeness (QED) is 0.723. The largest absolute Gasteiger partial charge is 0.364 e. The molecule has 0 unspecified atom stereocenters. The van der Waals surface area contributed by atoms with Crippen LogP contribution in [0, 0.1) is 0 Å². The zero-order chi connectivity index (χ0) is 9.73. The maximum absolute atomic E-state index is 10.4. The Kier molecular flexibility index (Phi) is 3.63. The van der Waals surface area contributed by atoms with E-state index in [-0.39, 0.29) is 6.61 Å². The molecule has 0 spiro atoms. The molecule has 1 rings (SSSR count). The fourth-order valence-corrected chi connectivity index (χ4v) is 1.19. The van der Waals surface area contributed by atoms with Crippen LogP contribution in [0.4, 0.5) is 0 Å². The Bertz CT molecular complexity index is 292. The molecule has 0 saturated heterocycles. The van der Waals surface area contributed by atoms with Crippen LogP contribution >= 0.6 is 7.60 Å². The Hall–Kier alpha value is -0.670. The van der Waals surface area contributed by atoms with Crippen molar-refractivity contribution in [1.29, 1.82) is 0 Å². The molecule has 0 aliphatic carbocycles. The molecular weight excluding hydrogens is 191 g/mol. The molecule has 1 aromatic rings. The van der Waals surface area contributed by atoms with Crippen molar-refractivity contribution in [1.82, 2.24) is 0 Å². The molecule has 0 radical (unpaired) electrons. The summed E-state index contributed by atoms with van der Waals surface area (Å²) in [6.45, 7) is 0.228. The van der Waals surface area contributed by atoms with E-state index in [1.54, 1.807) is 0 Å². The van der Waals surface area contributed by atoms with Crippen molar-refractivity contribution in [3.63, 3.8) is 0 Å². The van der Waals surface area contributed by atoms with Gasteiger partial charge in [-0.3, -0.25) is 4.57 Å². The van der Waals surface area contributed by atoms with Crippen LogP contribution in [0.1, 0.15) is 5.56 Å². The van der Waals surface area contributed by atoms with Crippen molar-refractivity contribution in [3.05, 3.63) is 35.9 Å². The maximum Gasteiger partial charge on any atom is 0.350 e. The highest BCUT2D eigenvalue weighted by atomic mass is 31.2. The second kappa shape index (κ2) is 4.53. The van der Waals surface area contributed by atoms with Crippen molar-refractivity contribution in [2.45, 2.75) is 6.61 Å². The van der Waals surface area contributed by atoms with Gasteiger partial charge in [0, 0.05) is 0 Å². The first-order valence-corrected chi connectivity index (χ1v) is 5.54. The Morgan fingerprint density at radius 1 is 1.23 bits per heavy atom. The summed E-state index contributed by atoms with van der Waals surface area (Å²) in [6.07, 6.45) is -0.526. The van der Waals surface area contributed by atoms with Crippen LogP contribution in [-0.2, 0) is 15.9 Å². The number of benzene rings is 1. The van der Waals surface area contributed by atoms with E-state index in [4.69, 9.17) is 14.5 Å². The predicted molar refractivity (Wildman–Crippen MR) is 48.1 cm³/mol. The van der Waals surface area contributed by atoms with Gasteiger partial charge in [0.25, 0.3) is 0 Å². The Morgan fingerprint density at radius 2 is 1.85 bits per heavy atom. The SMILES string of the molecule is O=P(O)(O)COCc1ccccc1. The summed E-state index contributed by atoms with van der Waals surface area (Å²) in [4.78, 5) is 17.0. The molecule has 0 bridgehead atoms. The molecule has 0 saturated carbocycles. The summed E-state index contributed by atoms with van der Waals surface area (Å²) in [6, 6.07) is 9.22. The van der Waals surface area contributed by atoms with Gasteiger partial charge in [-0.2, -0.15) is 0 Å². The molecule has 72 valence electrons. The number of hydrogen-bond acceptors (Lipinski definition) is 2. The van der Waals surface area contributed by atoms with Gasteiger partial charge < -0.3 is 14.5 Å². The van der Waals surface area contributed by atoms with E-state index in [0.29, 0.717) is 0 Å². The molecule has 0 aliphatic rings. The van der Waals surface area contributed by atoms with Crippen LogP contribution in [-0.4, -0.2) is 16.1 Å². The smallest absolute Gasteiger partial charge is 0.350 e. The summed E-state index contributed by atoms with van der Waals surface area (Å²) in [5, 5.41) is 0. The molecule has 0 aliphatic heterocycles. The van der Waals surface area contributed by atoms with E-state index in [9.17, 15) is 4.57 Å². The highest BCUT2D eigenvalue weighted by Crippen LogP contribution is 2.34. The Balaban J connectivity index is 2.33. The standard InChI is InChI=1S/C8H11O4P/c9-13(10,11)7-12-6-8-4-2-1-3-5-8/h1-5H,6-7H2,(H2,9,10,11). The van der Waals surface area contributed by atoms with Gasteiger partial charge in [-0.25, -0.2) is 0 Å². The number of hydrogen-bond donors (Lipinski definition) is 2. The number of rotatable bonds is 4. The topological polar surface area (TPSA) is 66.8 Å². The highest BCUT2D eigenvalue weighted by Gasteiger charge is 2.11. The van der Waals surface area contributed by atoms with E-state index >= 15 is 0 Å². The minimum atomic E-state index is -4.02. The third-order valence-corrected chi connectivity index (χ3v) is 1.89. The van der Waals surface area contributed by atoms with Crippen LogP contribution in [0.2, 0.25) is 0 Å². The van der Waals surface area contributed by atoms with Crippen molar-refractivity contribution >= 4 is 7.60 Å². The summed E-state index contributed by atoms with van der Waals surface area (Å²) >= 11 is 0. The van der Waals surface area contributed by atoms with Crippen LogP contribution < -0.4 is 0 Å². The van der Waals surface area contributed by atoms with Gasteiger partial charge >= 0.3 is 7.60 Å². The third kappa shape index (κ3) is 4.80. The predicted octanol–water partition coefficient (Wildman–Crippen LogP) is 1.34. The van der Waals surface area contributed by atoms with Gasteiger partial charge in [-0.15, -0.1) is 0 Å². The second-order valence-corrected chi connectivity index (χ2v) is 4.22. The van der Waals surface area contributed by atoms with Gasteiger partial charge in [0.2, 0.25) is 0 Å². The number of ether oxygens (including phenoxy) is 1. The van der Waals surface area contributed by atoms with Crippen molar-refractivity contribution in [3.8, 4) is 0 Å². The molecule has 0 amide bonds. The zero-order valence-corrected chi connectivity index (χ0v) is 7.85. The lowest BCUT2D eigenvalue weighted by molar-refractivity contribution is 0.144. The fourth-order valence-electron chi connectivity index (χ4n) is 0.857. The molecule has 4 nitrogen and oxygen atoms in total. The molecule has 2 N–H and O–H groups in total. The summed E-state index contributed by atoms with van der Waals surface area (Å²) in [5.74, 6) is 0. The van der Waals surface area contributed by atoms with Gasteiger partial charge in [-0.05, 0) is 5.56 Å². The minimum absolute atomic E-state index is 0.228. The van der Waals surface area contributed by atoms with Crippen molar-refractivity contribution in [2.75, 3.05) is 6.35 Å². The first kappa shape index (κ1) is 10.4. The van der Waals surface area contributed by atoms with Crippen LogP contribution in [0.15, 0.2) is 30.3 Å². The third-order valence-electron chi connectivity index (χ3n) is 1.37. The first-order chi connectivity index (χ1) is 6.08.